The van der Waals surface area contributed by atoms with Gasteiger partial charge >= 0.3 is 0 Å². The highest BCUT2D eigenvalue weighted by molar-refractivity contribution is 14.1. The average molecular weight is 604 g/mol. The Kier molecular flexibility index (Phi) is 3.89. The van der Waals surface area contributed by atoms with Gasteiger partial charge in [-0.25, -0.2) is 0 Å². The number of furan rings is 1. The Bertz CT molecular complexity index is 1550. The molecule has 0 spiro atoms. The van der Waals surface area contributed by atoms with Crippen molar-refractivity contribution >= 4 is 98.9 Å². The quantitative estimate of drug-likeness (QED) is 0.182. The van der Waals surface area contributed by atoms with Gasteiger partial charge in [0.05, 0.1) is 15.6 Å². The van der Waals surface area contributed by atoms with Gasteiger partial charge < -0.3 is 4.42 Å². The van der Waals surface area contributed by atoms with Crippen molar-refractivity contribution in [3.63, 3.8) is 0 Å². The third-order valence-electron chi connectivity index (χ3n) is 4.90. The first-order valence-electron chi connectivity index (χ1n) is 8.63. The molecule has 0 bridgehead atoms. The van der Waals surface area contributed by atoms with Gasteiger partial charge in [0.25, 0.3) is 0 Å². The topological polar surface area (TPSA) is 38.9 Å². The first-order chi connectivity index (χ1) is 13.7. The summed E-state index contributed by atoms with van der Waals surface area (Å²) in [5, 5.41) is 2.33. The lowest BCUT2D eigenvalue weighted by molar-refractivity contribution is 0.668. The second kappa shape index (κ2) is 6.36. The molecule has 0 amide bonds. The summed E-state index contributed by atoms with van der Waals surface area (Å²) in [6.45, 7) is 0. The Labute approximate surface area is 191 Å². The van der Waals surface area contributed by atoms with Crippen molar-refractivity contribution in [2.75, 3.05) is 0 Å². The summed E-state index contributed by atoms with van der Waals surface area (Å²) in [6.07, 6.45) is 3.78. The van der Waals surface area contributed by atoms with Crippen LogP contribution < -0.4 is 0 Å². The molecule has 6 heteroatoms. The maximum atomic E-state index is 6.06. The van der Waals surface area contributed by atoms with Crippen molar-refractivity contribution in [2.24, 2.45) is 0 Å². The number of aromatic nitrogens is 2. The number of hydrogen-bond acceptors (Lipinski definition) is 4. The second-order valence-electron chi connectivity index (χ2n) is 6.57. The summed E-state index contributed by atoms with van der Waals surface area (Å²) in [7, 11) is 0. The number of hydrogen-bond donors (Lipinski definition) is 0. The molecule has 3 nitrogen and oxygen atoms in total. The van der Waals surface area contributed by atoms with Crippen LogP contribution in [0.1, 0.15) is 0 Å². The van der Waals surface area contributed by atoms with Gasteiger partial charge in [-0.15, -0.1) is 11.3 Å². The van der Waals surface area contributed by atoms with Gasteiger partial charge in [-0.2, -0.15) is 0 Å². The smallest absolute Gasteiger partial charge is 0.153 e. The predicted molar refractivity (Wildman–Crippen MR) is 133 cm³/mol. The van der Waals surface area contributed by atoms with Crippen LogP contribution in [0.4, 0.5) is 0 Å². The summed E-state index contributed by atoms with van der Waals surface area (Å²) in [6, 6.07) is 16.8. The van der Waals surface area contributed by atoms with E-state index in [0.29, 0.717) is 0 Å². The molecule has 6 aromatic rings. The van der Waals surface area contributed by atoms with Crippen LogP contribution >= 0.6 is 56.5 Å². The molecular weight excluding hydrogens is 594 g/mol. The lowest BCUT2D eigenvalue weighted by atomic mass is 10.1. The van der Waals surface area contributed by atoms with Crippen LogP contribution in [0.2, 0.25) is 0 Å². The molecule has 0 saturated heterocycles. The zero-order valence-corrected chi connectivity index (χ0v) is 19.4. The van der Waals surface area contributed by atoms with Crippen molar-refractivity contribution in [1.82, 2.24) is 9.97 Å². The first kappa shape index (κ1) is 17.1. The Balaban J connectivity index is 1.60. The van der Waals surface area contributed by atoms with Crippen molar-refractivity contribution in [3.05, 3.63) is 68.1 Å². The molecule has 4 heterocycles. The third kappa shape index (κ3) is 2.50. The van der Waals surface area contributed by atoms with E-state index in [1.54, 1.807) is 11.3 Å². The van der Waals surface area contributed by atoms with Gasteiger partial charge in [0.1, 0.15) is 11.1 Å². The van der Waals surface area contributed by atoms with E-state index >= 15 is 0 Å². The maximum Gasteiger partial charge on any atom is 0.153 e. The number of benzene rings is 2. The molecule has 0 aliphatic rings. The van der Waals surface area contributed by atoms with Crippen LogP contribution in [-0.4, -0.2) is 9.97 Å². The highest BCUT2D eigenvalue weighted by atomic mass is 127. The molecule has 0 aliphatic carbocycles. The first-order valence-corrected chi connectivity index (χ1v) is 11.6. The van der Waals surface area contributed by atoms with Gasteiger partial charge in [-0.1, -0.05) is 6.07 Å². The molecule has 4 aromatic heterocycles. The Morgan fingerprint density at radius 2 is 1.68 bits per heavy atom. The third-order valence-corrected chi connectivity index (χ3v) is 7.74. The minimum atomic E-state index is 0.820. The number of nitrogens with zero attached hydrogens (tertiary/aromatic N) is 2. The Hall–Kier alpha value is -1.78. The number of halogens is 2. The van der Waals surface area contributed by atoms with E-state index < -0.39 is 0 Å². The lowest BCUT2D eigenvalue weighted by Gasteiger charge is -2.04. The van der Waals surface area contributed by atoms with Gasteiger partial charge in [0.15, 0.2) is 5.58 Å². The molecule has 134 valence electrons. The maximum absolute atomic E-state index is 6.06. The van der Waals surface area contributed by atoms with Crippen molar-refractivity contribution in [2.45, 2.75) is 0 Å². The molecule has 0 unspecified atom stereocenters. The molecule has 0 radical (unpaired) electrons. The SMILES string of the molecule is Ic1cc(-c2cnc3c(c2)sc2cccc(I)c23)cc2oc3cccnc3c12. The molecule has 0 fully saturated rings. The fourth-order valence-electron chi connectivity index (χ4n) is 3.64. The molecule has 0 N–H and O–H groups in total. The highest BCUT2D eigenvalue weighted by Crippen LogP contribution is 2.39. The monoisotopic (exact) mass is 604 g/mol. The molecule has 2 aromatic carbocycles. The van der Waals surface area contributed by atoms with E-state index in [9.17, 15) is 0 Å². The van der Waals surface area contributed by atoms with Crippen LogP contribution in [0.15, 0.2) is 65.3 Å². The van der Waals surface area contributed by atoms with E-state index in [1.807, 2.05) is 24.5 Å². The van der Waals surface area contributed by atoms with Crippen molar-refractivity contribution in [1.29, 1.82) is 0 Å². The molecule has 0 saturated carbocycles. The van der Waals surface area contributed by atoms with E-state index in [4.69, 9.17) is 9.40 Å². The van der Waals surface area contributed by atoms with E-state index in [-0.39, 0.29) is 0 Å². The normalized spacial score (nSPS) is 11.9. The molecule has 6 rings (SSSR count). The van der Waals surface area contributed by atoms with Crippen LogP contribution in [0.3, 0.4) is 0 Å². The number of fused-ring (bicyclic) bond motifs is 6. The minimum Gasteiger partial charge on any atom is -0.454 e. The standard InChI is InChI=1S/C22H10I2N2OS/c23-13-3-1-5-17-20(13)22-18(28-17)9-12(10-26-22)11-7-14(24)19-16(8-11)27-15-4-2-6-25-21(15)19/h1-10H. The molecule has 28 heavy (non-hydrogen) atoms. The summed E-state index contributed by atoms with van der Waals surface area (Å²) in [4.78, 5) is 9.32. The van der Waals surface area contributed by atoms with Gasteiger partial charge in [0.2, 0.25) is 0 Å². The van der Waals surface area contributed by atoms with Crippen LogP contribution in [0, 0.1) is 7.14 Å². The fraction of sp³-hybridized carbons (Fsp3) is 0. The second-order valence-corrected chi connectivity index (χ2v) is 9.98. The Morgan fingerprint density at radius 1 is 0.750 bits per heavy atom. The van der Waals surface area contributed by atoms with Gasteiger partial charge in [-0.3, -0.25) is 9.97 Å². The molecular formula is C22H10I2N2OS. The van der Waals surface area contributed by atoms with Gasteiger partial charge in [-0.05, 0) is 93.2 Å². The average Bonchev–Trinajstić information content (AvgIpc) is 3.26. The van der Waals surface area contributed by atoms with E-state index in [2.05, 4.69) is 86.6 Å². The molecule has 0 aliphatic heterocycles. The van der Waals surface area contributed by atoms with Crippen LogP contribution in [-0.2, 0) is 0 Å². The van der Waals surface area contributed by atoms with Crippen LogP contribution in [0.25, 0.3) is 53.5 Å². The van der Waals surface area contributed by atoms with Gasteiger partial charge in [0, 0.05) is 35.2 Å². The number of pyridine rings is 2. The fourth-order valence-corrected chi connectivity index (χ4v) is 6.57. The van der Waals surface area contributed by atoms with Crippen LogP contribution in [0.5, 0.6) is 0 Å². The summed E-state index contributed by atoms with van der Waals surface area (Å²) in [5.41, 5.74) is 5.89. The number of rotatable bonds is 1. The summed E-state index contributed by atoms with van der Waals surface area (Å²) >= 11 is 6.55. The zero-order chi connectivity index (χ0) is 18.8. The largest absolute Gasteiger partial charge is 0.454 e. The highest BCUT2D eigenvalue weighted by Gasteiger charge is 2.15. The molecule has 0 atom stereocenters. The van der Waals surface area contributed by atoms with E-state index in [0.717, 1.165) is 42.3 Å². The van der Waals surface area contributed by atoms with Crippen molar-refractivity contribution in [3.8, 4) is 11.1 Å². The summed E-state index contributed by atoms with van der Waals surface area (Å²) < 4.78 is 10.9. The summed E-state index contributed by atoms with van der Waals surface area (Å²) in [5.74, 6) is 0. The van der Waals surface area contributed by atoms with E-state index in [1.165, 1.54) is 18.4 Å². The predicted octanol–water partition coefficient (Wildman–Crippen LogP) is 7.62. The minimum absolute atomic E-state index is 0.820. The van der Waals surface area contributed by atoms with Crippen molar-refractivity contribution < 1.29 is 4.42 Å². The Morgan fingerprint density at radius 3 is 2.61 bits per heavy atom. The number of thiophene rings is 1. The zero-order valence-electron chi connectivity index (χ0n) is 14.2. The lowest BCUT2D eigenvalue weighted by Crippen LogP contribution is -1.84.